The highest BCUT2D eigenvalue weighted by Gasteiger charge is 2.03. The lowest BCUT2D eigenvalue weighted by atomic mass is 10.0. The van der Waals surface area contributed by atoms with Crippen LogP contribution in [0.4, 0.5) is 0 Å². The first-order valence-corrected chi connectivity index (χ1v) is 9.32. The molecule has 2 atom stereocenters. The molecule has 0 bridgehead atoms. The largest absolute Gasteiger partial charge is 0.481 e. The Kier molecular flexibility index (Phi) is 15.4. The van der Waals surface area contributed by atoms with E-state index in [9.17, 15) is 15.0 Å². The highest BCUT2D eigenvalue weighted by atomic mass is 16.4. The van der Waals surface area contributed by atoms with Gasteiger partial charge >= 0.3 is 5.97 Å². The maximum atomic E-state index is 10.4. The van der Waals surface area contributed by atoms with Crippen LogP contribution in [0.3, 0.4) is 0 Å². The molecule has 4 heteroatoms. The average Bonchev–Trinajstić information content (AvgIpc) is 2.51. The van der Waals surface area contributed by atoms with Crippen LogP contribution in [-0.2, 0) is 4.79 Å². The van der Waals surface area contributed by atoms with E-state index in [4.69, 9.17) is 5.11 Å². The van der Waals surface area contributed by atoms with E-state index in [1.807, 2.05) is 0 Å². The smallest absolute Gasteiger partial charge is 0.303 e. The molecule has 0 aromatic heterocycles. The Morgan fingerprint density at radius 1 is 0.783 bits per heavy atom. The fourth-order valence-electron chi connectivity index (χ4n) is 2.57. The lowest BCUT2D eigenvalue weighted by Crippen LogP contribution is -2.06. The van der Waals surface area contributed by atoms with Gasteiger partial charge in [0.15, 0.2) is 0 Å². The van der Waals surface area contributed by atoms with E-state index in [1.165, 1.54) is 25.7 Å². The predicted molar refractivity (Wildman–Crippen MR) is 94.5 cm³/mol. The van der Waals surface area contributed by atoms with Gasteiger partial charge in [-0.2, -0.15) is 0 Å². The second-order valence-electron chi connectivity index (χ2n) is 6.42. The summed E-state index contributed by atoms with van der Waals surface area (Å²) >= 11 is 0. The van der Waals surface area contributed by atoms with Crippen LogP contribution in [0, 0.1) is 0 Å². The van der Waals surface area contributed by atoms with E-state index >= 15 is 0 Å². The highest BCUT2D eigenvalue weighted by Crippen LogP contribution is 2.11. The predicted octanol–water partition coefficient (Wildman–Crippen LogP) is 4.44. The third-order valence-corrected chi connectivity index (χ3v) is 4.05. The van der Waals surface area contributed by atoms with E-state index in [0.29, 0.717) is 6.42 Å². The molecule has 0 fully saturated rings. The molecule has 0 aliphatic heterocycles. The number of carboxylic acids is 1. The summed E-state index contributed by atoms with van der Waals surface area (Å²) in [6, 6.07) is 0. The van der Waals surface area contributed by atoms with Gasteiger partial charge in [-0.15, -0.1) is 0 Å². The zero-order valence-corrected chi connectivity index (χ0v) is 14.8. The van der Waals surface area contributed by atoms with Crippen LogP contribution >= 0.6 is 0 Å². The fourth-order valence-corrected chi connectivity index (χ4v) is 2.57. The number of hydrogen-bond donors (Lipinski definition) is 3. The van der Waals surface area contributed by atoms with Crippen LogP contribution in [0.2, 0.25) is 0 Å². The maximum Gasteiger partial charge on any atom is 0.303 e. The number of unbranched alkanes of at least 4 members (excludes halogenated alkanes) is 8. The van der Waals surface area contributed by atoms with Crippen molar-refractivity contribution in [1.29, 1.82) is 0 Å². The first kappa shape index (κ1) is 22.1. The summed E-state index contributed by atoms with van der Waals surface area (Å²) in [7, 11) is 0. The summed E-state index contributed by atoms with van der Waals surface area (Å²) in [5.41, 5.74) is 0. The molecule has 0 unspecified atom stereocenters. The van der Waals surface area contributed by atoms with Crippen molar-refractivity contribution in [3.63, 3.8) is 0 Å². The number of aliphatic hydroxyl groups is 2. The molecule has 4 nitrogen and oxygen atoms in total. The molecule has 0 heterocycles. The van der Waals surface area contributed by atoms with E-state index in [2.05, 4.69) is 6.92 Å². The van der Waals surface area contributed by atoms with Crippen molar-refractivity contribution >= 4 is 5.97 Å². The van der Waals surface area contributed by atoms with Crippen molar-refractivity contribution in [3.8, 4) is 0 Å². The number of hydrogen-bond acceptors (Lipinski definition) is 3. The first-order valence-electron chi connectivity index (χ1n) is 9.32. The van der Waals surface area contributed by atoms with Gasteiger partial charge in [0, 0.05) is 6.42 Å². The van der Waals surface area contributed by atoms with Gasteiger partial charge < -0.3 is 15.3 Å². The molecule has 0 saturated heterocycles. The van der Waals surface area contributed by atoms with Crippen LogP contribution in [-0.4, -0.2) is 33.5 Å². The van der Waals surface area contributed by atoms with Crippen molar-refractivity contribution in [2.45, 2.75) is 103 Å². The van der Waals surface area contributed by atoms with Gasteiger partial charge in [0.2, 0.25) is 0 Å². The minimum absolute atomic E-state index is 0.252. The Hall–Kier alpha value is -0.870. The molecular formula is C19H36O4. The molecule has 0 rings (SSSR count). The molecule has 0 aromatic rings. The summed E-state index contributed by atoms with van der Waals surface area (Å²) in [6.07, 6.45) is 14.8. The van der Waals surface area contributed by atoms with E-state index in [0.717, 1.165) is 44.9 Å². The number of carboxylic acid groups (broad SMARTS) is 1. The molecule has 0 saturated carbocycles. The normalized spacial score (nSPS) is 14.2. The van der Waals surface area contributed by atoms with Crippen molar-refractivity contribution in [1.82, 2.24) is 0 Å². The van der Waals surface area contributed by atoms with Crippen molar-refractivity contribution in [3.05, 3.63) is 12.2 Å². The summed E-state index contributed by atoms with van der Waals surface area (Å²) < 4.78 is 0. The molecular weight excluding hydrogens is 292 g/mol. The number of carbonyl (C=O) groups is 1. The number of aliphatic hydroxyl groups excluding tert-OH is 2. The quantitative estimate of drug-likeness (QED) is 0.289. The van der Waals surface area contributed by atoms with E-state index < -0.39 is 18.2 Å². The van der Waals surface area contributed by atoms with Crippen molar-refractivity contribution in [2.24, 2.45) is 0 Å². The Balaban J connectivity index is 3.49. The fraction of sp³-hybridized carbons (Fsp3) is 0.842. The molecule has 0 amide bonds. The summed E-state index contributed by atoms with van der Waals surface area (Å²) in [5, 5.41) is 28.2. The van der Waals surface area contributed by atoms with E-state index in [-0.39, 0.29) is 6.42 Å². The maximum absolute atomic E-state index is 10.4. The number of aliphatic carboxylic acids is 1. The Bertz CT molecular complexity index is 302. The van der Waals surface area contributed by atoms with Gasteiger partial charge in [0.1, 0.15) is 0 Å². The van der Waals surface area contributed by atoms with Crippen LogP contribution in [0.25, 0.3) is 0 Å². The molecule has 0 aromatic carbocycles. The monoisotopic (exact) mass is 328 g/mol. The molecule has 0 radical (unpaired) electrons. The minimum atomic E-state index is -0.727. The average molecular weight is 328 g/mol. The van der Waals surface area contributed by atoms with Crippen LogP contribution in [0.5, 0.6) is 0 Å². The van der Waals surface area contributed by atoms with Gasteiger partial charge in [-0.25, -0.2) is 0 Å². The second-order valence-corrected chi connectivity index (χ2v) is 6.42. The molecule has 136 valence electrons. The van der Waals surface area contributed by atoms with Gasteiger partial charge in [-0.05, 0) is 19.3 Å². The lowest BCUT2D eigenvalue weighted by Gasteiger charge is -2.08. The Morgan fingerprint density at radius 3 is 1.70 bits per heavy atom. The summed E-state index contributed by atoms with van der Waals surface area (Å²) in [6.45, 7) is 2.19. The molecule has 0 aliphatic rings. The Labute approximate surface area is 141 Å². The van der Waals surface area contributed by atoms with Crippen LogP contribution in [0.1, 0.15) is 90.4 Å². The zero-order chi connectivity index (χ0) is 17.3. The highest BCUT2D eigenvalue weighted by molar-refractivity contribution is 5.66. The Morgan fingerprint density at radius 2 is 1.22 bits per heavy atom. The topological polar surface area (TPSA) is 77.8 Å². The SMILES string of the molecule is CCCCCCC[C@H](O)/C=C/[C@H](O)CCCCCCCC(=O)O. The molecule has 0 spiro atoms. The third kappa shape index (κ3) is 17.3. The number of rotatable bonds is 16. The van der Waals surface area contributed by atoms with Gasteiger partial charge in [0.05, 0.1) is 12.2 Å². The standard InChI is InChI=1S/C19H36O4/c1-2-3-4-6-9-12-17(20)15-16-18(21)13-10-7-5-8-11-14-19(22)23/h15-18,20-21H,2-14H2,1H3,(H,22,23)/b16-15+/t17-,18+/m0/s1. The molecule has 0 aliphatic carbocycles. The van der Waals surface area contributed by atoms with Crippen LogP contribution < -0.4 is 0 Å². The second kappa shape index (κ2) is 16.0. The van der Waals surface area contributed by atoms with Gasteiger partial charge in [0.25, 0.3) is 0 Å². The lowest BCUT2D eigenvalue weighted by molar-refractivity contribution is -0.137. The molecule has 23 heavy (non-hydrogen) atoms. The molecule has 3 N–H and O–H groups in total. The first-order chi connectivity index (χ1) is 11.1. The van der Waals surface area contributed by atoms with Crippen molar-refractivity contribution < 1.29 is 20.1 Å². The summed E-state index contributed by atoms with van der Waals surface area (Å²) in [5.74, 6) is -0.727. The zero-order valence-electron chi connectivity index (χ0n) is 14.8. The minimum Gasteiger partial charge on any atom is -0.481 e. The van der Waals surface area contributed by atoms with E-state index in [1.54, 1.807) is 12.2 Å². The van der Waals surface area contributed by atoms with Crippen molar-refractivity contribution in [2.75, 3.05) is 0 Å². The third-order valence-electron chi connectivity index (χ3n) is 4.05. The van der Waals surface area contributed by atoms with Gasteiger partial charge in [-0.1, -0.05) is 76.9 Å². The summed E-state index contributed by atoms with van der Waals surface area (Å²) in [4.78, 5) is 10.4. The van der Waals surface area contributed by atoms with Crippen LogP contribution in [0.15, 0.2) is 12.2 Å². The van der Waals surface area contributed by atoms with Gasteiger partial charge in [-0.3, -0.25) is 4.79 Å².